The van der Waals surface area contributed by atoms with Crippen LogP contribution < -0.4 is 10.1 Å². The number of aromatic nitrogens is 1. The van der Waals surface area contributed by atoms with Crippen LogP contribution in [0.1, 0.15) is 0 Å². The Morgan fingerprint density at radius 3 is 2.80 bits per heavy atom. The van der Waals surface area contributed by atoms with Crippen LogP contribution in [-0.2, 0) is 0 Å². The third-order valence-electron chi connectivity index (χ3n) is 1.62. The summed E-state index contributed by atoms with van der Waals surface area (Å²) in [6, 6.07) is 8.98. The number of benzene rings is 1. The van der Waals surface area contributed by atoms with Crippen molar-refractivity contribution in [2.75, 3.05) is 5.32 Å². The number of para-hydroxylation sites is 1. The summed E-state index contributed by atoms with van der Waals surface area (Å²) in [5, 5.41) is 2.53. The maximum absolute atomic E-state index is 11.3. The van der Waals surface area contributed by atoms with Gasteiger partial charge in [-0.15, -0.1) is 0 Å². The van der Waals surface area contributed by atoms with Crippen LogP contribution in [0.4, 0.5) is 10.5 Å². The summed E-state index contributed by atoms with van der Waals surface area (Å²) in [6.07, 6.45) is 1.88. The van der Waals surface area contributed by atoms with E-state index in [1.165, 1.54) is 12.6 Å². The topological polar surface area (TPSA) is 64.4 Å². The van der Waals surface area contributed by atoms with E-state index >= 15 is 0 Å². The predicted molar refractivity (Wildman–Crippen MR) is 52.6 cm³/mol. The summed E-state index contributed by atoms with van der Waals surface area (Å²) in [5.74, 6) is 0.0587. The second-order valence-corrected chi connectivity index (χ2v) is 2.70. The molecule has 0 unspecified atom stereocenters. The number of oxazole rings is 1. The molecular formula is C10H8N2O3. The molecule has 0 aliphatic carbocycles. The van der Waals surface area contributed by atoms with Crippen LogP contribution in [0.15, 0.2) is 47.3 Å². The molecule has 0 saturated heterocycles. The van der Waals surface area contributed by atoms with Crippen LogP contribution in [-0.4, -0.2) is 11.1 Å². The van der Waals surface area contributed by atoms with Crippen LogP contribution in [0.25, 0.3) is 0 Å². The zero-order chi connectivity index (χ0) is 10.5. The average molecular weight is 204 g/mol. The molecule has 0 spiro atoms. The van der Waals surface area contributed by atoms with Crippen LogP contribution in [0.3, 0.4) is 0 Å². The fraction of sp³-hybridized carbons (Fsp3) is 0. The third-order valence-corrected chi connectivity index (χ3v) is 1.62. The van der Waals surface area contributed by atoms with Crippen molar-refractivity contribution in [3.05, 3.63) is 42.9 Å². The first-order chi connectivity index (χ1) is 7.34. The summed E-state index contributed by atoms with van der Waals surface area (Å²) in [5.41, 5.74) is 0.655. The Hall–Kier alpha value is -2.30. The number of carbonyl (C=O) groups is 1. The Balaban J connectivity index is 1.94. The highest BCUT2D eigenvalue weighted by atomic mass is 16.6. The summed E-state index contributed by atoms with van der Waals surface area (Å²) in [4.78, 5) is 14.9. The smallest absolute Gasteiger partial charge is 0.413 e. The number of hydrogen-bond donors (Lipinski definition) is 1. The minimum atomic E-state index is -0.613. The average Bonchev–Trinajstić information content (AvgIpc) is 2.71. The minimum absolute atomic E-state index is 0.0587. The van der Waals surface area contributed by atoms with Crippen molar-refractivity contribution < 1.29 is 13.9 Å². The molecule has 2 aromatic rings. The molecule has 0 saturated carbocycles. The Morgan fingerprint density at radius 2 is 2.13 bits per heavy atom. The van der Waals surface area contributed by atoms with Crippen molar-refractivity contribution in [2.24, 2.45) is 0 Å². The van der Waals surface area contributed by atoms with E-state index in [9.17, 15) is 4.79 Å². The second-order valence-electron chi connectivity index (χ2n) is 2.70. The molecule has 5 heteroatoms. The number of ether oxygens (including phenoxy) is 1. The first kappa shape index (κ1) is 9.26. The molecule has 0 atom stereocenters. The SMILES string of the molecule is O=C(Nc1ccccc1)Oc1cnco1. The van der Waals surface area contributed by atoms with Crippen LogP contribution in [0, 0.1) is 0 Å². The minimum Gasteiger partial charge on any atom is -0.413 e. The number of nitrogens with zero attached hydrogens (tertiary/aromatic N) is 1. The highest BCUT2D eigenvalue weighted by molar-refractivity contribution is 5.85. The monoisotopic (exact) mass is 204 g/mol. The van der Waals surface area contributed by atoms with Gasteiger partial charge in [-0.25, -0.2) is 9.78 Å². The number of amides is 1. The highest BCUT2D eigenvalue weighted by Gasteiger charge is 2.06. The number of hydrogen-bond acceptors (Lipinski definition) is 4. The van der Waals surface area contributed by atoms with E-state index in [1.54, 1.807) is 12.1 Å². The molecule has 2 rings (SSSR count). The standard InChI is InChI=1S/C10H8N2O3/c13-10(15-9-6-11-7-14-9)12-8-4-2-1-3-5-8/h1-7H,(H,12,13). The largest absolute Gasteiger partial charge is 0.419 e. The van der Waals surface area contributed by atoms with Gasteiger partial charge in [0.05, 0.1) is 0 Å². The summed E-state index contributed by atoms with van der Waals surface area (Å²) < 4.78 is 9.53. The van der Waals surface area contributed by atoms with Crippen LogP contribution in [0.5, 0.6) is 5.95 Å². The fourth-order valence-electron chi connectivity index (χ4n) is 1.01. The lowest BCUT2D eigenvalue weighted by Crippen LogP contribution is -2.16. The zero-order valence-corrected chi connectivity index (χ0v) is 7.71. The first-order valence-electron chi connectivity index (χ1n) is 4.27. The summed E-state index contributed by atoms with van der Waals surface area (Å²) in [7, 11) is 0. The molecule has 5 nitrogen and oxygen atoms in total. The fourth-order valence-corrected chi connectivity index (χ4v) is 1.01. The van der Waals surface area contributed by atoms with Gasteiger partial charge >= 0.3 is 12.0 Å². The predicted octanol–water partition coefficient (Wildman–Crippen LogP) is 2.29. The number of carbonyl (C=O) groups excluding carboxylic acids is 1. The molecule has 15 heavy (non-hydrogen) atoms. The third kappa shape index (κ3) is 2.57. The van der Waals surface area contributed by atoms with E-state index in [0.717, 1.165) is 0 Å². The van der Waals surface area contributed by atoms with Gasteiger partial charge in [0.2, 0.25) is 0 Å². The van der Waals surface area contributed by atoms with Gasteiger partial charge in [-0.2, -0.15) is 0 Å². The Kier molecular flexibility index (Phi) is 2.64. The maximum Gasteiger partial charge on any atom is 0.419 e. The van der Waals surface area contributed by atoms with E-state index in [4.69, 9.17) is 9.15 Å². The van der Waals surface area contributed by atoms with E-state index in [-0.39, 0.29) is 5.95 Å². The van der Waals surface area contributed by atoms with Crippen molar-refractivity contribution in [3.63, 3.8) is 0 Å². The Bertz CT molecular complexity index is 425. The van der Waals surface area contributed by atoms with Crippen molar-refractivity contribution in [3.8, 4) is 5.95 Å². The van der Waals surface area contributed by atoms with Crippen LogP contribution in [0.2, 0.25) is 0 Å². The molecule has 1 aromatic carbocycles. The molecule has 0 radical (unpaired) electrons. The molecule has 0 bridgehead atoms. The lowest BCUT2D eigenvalue weighted by Gasteiger charge is -2.02. The number of rotatable bonds is 2. The normalized spacial score (nSPS) is 9.60. The van der Waals surface area contributed by atoms with Gasteiger partial charge in [-0.1, -0.05) is 18.2 Å². The van der Waals surface area contributed by atoms with Crippen molar-refractivity contribution >= 4 is 11.8 Å². The van der Waals surface area contributed by atoms with Crippen molar-refractivity contribution in [2.45, 2.75) is 0 Å². The first-order valence-corrected chi connectivity index (χ1v) is 4.27. The van der Waals surface area contributed by atoms with E-state index in [1.807, 2.05) is 18.2 Å². The molecule has 1 N–H and O–H groups in total. The van der Waals surface area contributed by atoms with Gasteiger partial charge < -0.3 is 9.15 Å². The molecule has 1 amide bonds. The molecular weight excluding hydrogens is 196 g/mol. The summed E-state index contributed by atoms with van der Waals surface area (Å²) >= 11 is 0. The highest BCUT2D eigenvalue weighted by Crippen LogP contribution is 2.10. The van der Waals surface area contributed by atoms with Crippen molar-refractivity contribution in [1.82, 2.24) is 4.98 Å². The second kappa shape index (κ2) is 4.28. The zero-order valence-electron chi connectivity index (χ0n) is 7.71. The van der Waals surface area contributed by atoms with Crippen LogP contribution >= 0.6 is 0 Å². The molecule has 0 fully saturated rings. The van der Waals surface area contributed by atoms with E-state index < -0.39 is 6.09 Å². The van der Waals surface area contributed by atoms with Gasteiger partial charge in [-0.3, -0.25) is 5.32 Å². The lowest BCUT2D eigenvalue weighted by molar-refractivity contribution is 0.202. The quantitative estimate of drug-likeness (QED) is 0.815. The summed E-state index contributed by atoms with van der Waals surface area (Å²) in [6.45, 7) is 0. The molecule has 1 aromatic heterocycles. The number of nitrogens with one attached hydrogen (secondary N) is 1. The maximum atomic E-state index is 11.3. The molecule has 0 aliphatic heterocycles. The van der Waals surface area contributed by atoms with Gasteiger partial charge in [0, 0.05) is 5.69 Å². The van der Waals surface area contributed by atoms with Gasteiger partial charge in [-0.05, 0) is 12.1 Å². The molecule has 1 heterocycles. The molecule has 76 valence electrons. The number of anilines is 1. The van der Waals surface area contributed by atoms with Gasteiger partial charge in [0.25, 0.3) is 0 Å². The lowest BCUT2D eigenvalue weighted by atomic mass is 10.3. The molecule has 0 aliphatic rings. The Labute approximate surface area is 85.7 Å². The van der Waals surface area contributed by atoms with Gasteiger partial charge in [0.15, 0.2) is 6.39 Å². The van der Waals surface area contributed by atoms with Crippen molar-refractivity contribution in [1.29, 1.82) is 0 Å². The Morgan fingerprint density at radius 1 is 1.33 bits per heavy atom. The van der Waals surface area contributed by atoms with Gasteiger partial charge in [0.1, 0.15) is 6.20 Å². The van der Waals surface area contributed by atoms with E-state index in [0.29, 0.717) is 5.69 Å². The van der Waals surface area contributed by atoms with E-state index in [2.05, 4.69) is 10.3 Å².